The number of carbonyl (C=O) groups excluding carboxylic acids is 2. The Bertz CT molecular complexity index is 3390. The zero-order chi connectivity index (χ0) is 64.0. The predicted molar refractivity (Wildman–Crippen MR) is 289 cm³/mol. The molecule has 0 spiro atoms. The molecular formula is C44H48Cl3F6N8O18PS3. The van der Waals surface area contributed by atoms with Gasteiger partial charge in [0, 0.05) is 18.6 Å². The first-order valence-electron chi connectivity index (χ1n) is 21.8. The van der Waals surface area contributed by atoms with Gasteiger partial charge in [0.2, 0.25) is 16.0 Å². The highest BCUT2D eigenvalue weighted by Crippen LogP contribution is 2.38. The number of aromatic carboxylic acids is 1. The molecule has 3 amide bonds. The first-order valence-corrected chi connectivity index (χ1v) is 30.5. The van der Waals surface area contributed by atoms with Crippen LogP contribution < -0.4 is 39.2 Å². The van der Waals surface area contributed by atoms with E-state index in [1.807, 2.05) is 5.32 Å². The maximum absolute atomic E-state index is 12.7. The first-order chi connectivity index (χ1) is 38.0. The van der Waals surface area contributed by atoms with E-state index in [0.717, 1.165) is 30.3 Å². The van der Waals surface area contributed by atoms with Crippen LogP contribution in [0.5, 0.6) is 23.3 Å². The van der Waals surface area contributed by atoms with Crippen LogP contribution in [0.1, 0.15) is 44.1 Å². The maximum Gasteiger partial charge on any atom is 0.416 e. The number of anilines is 1. The van der Waals surface area contributed by atoms with Crippen molar-refractivity contribution in [1.82, 2.24) is 29.7 Å². The third kappa shape index (κ3) is 28.8. The SMILES string of the molecule is COc1c(Cl)ccc(Cl)c1C(=O)O.COc1nc(C)nc(NC(=O)NS(=O)(=O)c2ccccc2CCC(F)(F)F)n1.CS(=O)(=O)NC(=O)c1cc(Oc2ccc(C(F)(F)F)cc2Cl)ccc1[N+](=O)[O-].C[S+](C)C.O=C(O)CNCP(=O)([O-])O. The summed E-state index contributed by atoms with van der Waals surface area (Å²) >= 11 is 17.1. The van der Waals surface area contributed by atoms with E-state index in [-0.39, 0.29) is 56.2 Å². The molecule has 0 radical (unpaired) electrons. The lowest BCUT2D eigenvalue weighted by Gasteiger charge is -2.14. The molecule has 1 unspecified atom stereocenters. The number of amides is 3. The highest BCUT2D eigenvalue weighted by molar-refractivity contribution is 7.94. The van der Waals surface area contributed by atoms with Crippen LogP contribution >= 0.6 is 42.4 Å². The predicted octanol–water partition coefficient (Wildman–Crippen LogP) is 7.30. The van der Waals surface area contributed by atoms with Crippen LogP contribution in [0.2, 0.25) is 15.1 Å². The van der Waals surface area contributed by atoms with E-state index in [0.29, 0.717) is 29.3 Å². The van der Waals surface area contributed by atoms with E-state index in [1.165, 1.54) is 51.5 Å². The molecule has 0 aliphatic carbocycles. The van der Waals surface area contributed by atoms with Crippen molar-refractivity contribution in [3.63, 3.8) is 0 Å². The minimum Gasteiger partial charge on any atom is -0.778 e. The molecule has 0 fully saturated rings. The summed E-state index contributed by atoms with van der Waals surface area (Å²) in [6.45, 7) is 1.02. The molecule has 7 N–H and O–H groups in total. The molecule has 39 heteroatoms. The molecule has 0 aliphatic rings. The Balaban J connectivity index is 0.000000582. The lowest BCUT2D eigenvalue weighted by Crippen LogP contribution is -2.35. The third-order valence-corrected chi connectivity index (χ3v) is 12.1. The molecule has 5 rings (SSSR count). The number of nitrogens with one attached hydrogen (secondary N) is 4. The molecule has 1 atom stereocenters. The summed E-state index contributed by atoms with van der Waals surface area (Å²) in [5.74, 6) is -3.98. The standard InChI is InChI=1S/C15H10ClF3N2O6S.C15H16F3N5O4S.C8H6Cl2O3.C3H8NO5P.C3H9S/c1-28(25,26)20-14(22)10-7-9(3-4-12(10)21(23)24)27-13-5-2-8(6-11(13)16)15(17,18)19;1-9-19-12(22-14(20-9)27-2)21-13(24)23-28(25,26)11-6-4-3-5-10(11)7-8-15(16,17)18;1-13-7-5(10)3-2-4(9)6(7)8(11)12;5-3(6)1-4-2-10(7,8)9;1-4(2)3/h2-7H,1H3,(H,20,22);3-6H,7-8H2,1-2H3,(H2,19,20,21,22,23,24);2-3H,1H3,(H,11,12);4H,1-2H2,(H,5,6)(H2,7,8,9);1-3H3/q;;;;+1/p-1. The second-order valence-electron chi connectivity index (χ2n) is 15.9. The van der Waals surface area contributed by atoms with Crippen LogP contribution in [0.3, 0.4) is 0 Å². The number of alkyl halides is 6. The van der Waals surface area contributed by atoms with E-state index in [2.05, 4.69) is 39.0 Å². The molecule has 0 bridgehead atoms. The Morgan fingerprint density at radius 3 is 1.90 bits per heavy atom. The number of carboxylic acids is 2. The Hall–Kier alpha value is -6.82. The van der Waals surface area contributed by atoms with Gasteiger partial charge < -0.3 is 38.8 Å². The number of ether oxygens (including phenoxy) is 3. The fourth-order valence-electron chi connectivity index (χ4n) is 5.42. The minimum absolute atomic E-state index is 0.0715. The zero-order valence-electron chi connectivity index (χ0n) is 43.6. The van der Waals surface area contributed by atoms with Gasteiger partial charge in [-0.1, -0.05) is 53.0 Å². The number of rotatable bonds is 17. The Kier molecular flexibility index (Phi) is 29.4. The second kappa shape index (κ2) is 32.9. The van der Waals surface area contributed by atoms with Gasteiger partial charge in [-0.15, -0.1) is 0 Å². The van der Waals surface area contributed by atoms with Crippen LogP contribution in [-0.2, 0) is 52.9 Å². The molecule has 0 saturated carbocycles. The van der Waals surface area contributed by atoms with Crippen molar-refractivity contribution in [3.05, 3.63) is 126 Å². The largest absolute Gasteiger partial charge is 0.778 e. The molecule has 4 aromatic carbocycles. The normalized spacial score (nSPS) is 11.8. The van der Waals surface area contributed by atoms with Crippen molar-refractivity contribution in [2.45, 2.75) is 37.0 Å². The summed E-state index contributed by atoms with van der Waals surface area (Å²) in [5, 5.41) is 31.9. The number of aryl methyl sites for hydroxylation is 2. The monoisotopic (exact) mass is 1320 g/mol. The van der Waals surface area contributed by atoms with Crippen LogP contribution in [0, 0.1) is 17.0 Å². The number of hydrogen-bond donors (Lipinski definition) is 7. The van der Waals surface area contributed by atoms with Crippen molar-refractivity contribution >= 4 is 109 Å². The number of nitro groups is 1. The maximum atomic E-state index is 12.7. The van der Waals surface area contributed by atoms with Gasteiger partial charge in [-0.2, -0.15) is 41.3 Å². The highest BCUT2D eigenvalue weighted by atomic mass is 35.5. The van der Waals surface area contributed by atoms with Gasteiger partial charge in [0.15, 0.2) is 5.75 Å². The van der Waals surface area contributed by atoms with E-state index < -0.39 is 121 Å². The molecule has 1 aromatic heterocycles. The number of urea groups is 1. The number of carbonyl (C=O) groups is 4. The molecule has 0 saturated heterocycles. The Labute approximate surface area is 486 Å². The molecule has 0 aliphatic heterocycles. The van der Waals surface area contributed by atoms with Gasteiger partial charge in [-0.3, -0.25) is 30.3 Å². The number of halogens is 9. The Morgan fingerprint density at radius 1 is 0.831 bits per heavy atom. The van der Waals surface area contributed by atoms with Crippen LogP contribution in [0.4, 0.5) is 42.8 Å². The lowest BCUT2D eigenvalue weighted by atomic mass is 10.1. The number of sulfonamides is 2. The van der Waals surface area contributed by atoms with E-state index >= 15 is 0 Å². The summed E-state index contributed by atoms with van der Waals surface area (Å²) in [4.78, 5) is 83.6. The zero-order valence-corrected chi connectivity index (χ0v) is 49.2. The van der Waals surface area contributed by atoms with Crippen molar-refractivity contribution in [1.29, 1.82) is 0 Å². The fourth-order valence-corrected chi connectivity index (χ4v) is 8.13. The fraction of sp³-hybridized carbons (Fsp3) is 0.295. The number of methoxy groups -OCH3 is 2. The van der Waals surface area contributed by atoms with Gasteiger partial charge in [-0.25, -0.2) is 35.9 Å². The molecule has 83 heavy (non-hydrogen) atoms. The van der Waals surface area contributed by atoms with E-state index in [4.69, 9.17) is 64.1 Å². The second-order valence-corrected chi connectivity index (χ2v) is 24.6. The molecule has 458 valence electrons. The number of hydrogen-bond acceptors (Lipinski definition) is 19. The summed E-state index contributed by atoms with van der Waals surface area (Å²) in [6.07, 6.45) is -4.26. The number of carboxylic acid groups (broad SMARTS) is 2. The highest BCUT2D eigenvalue weighted by Gasteiger charge is 2.32. The molecular weight excluding hydrogens is 1280 g/mol. The first kappa shape index (κ1) is 74.2. The van der Waals surface area contributed by atoms with E-state index in [9.17, 15) is 81.9 Å². The topological polar surface area (TPSA) is 395 Å². The minimum atomic E-state index is -4.62. The average Bonchev–Trinajstić information content (AvgIpc) is 3.45. The number of benzene rings is 4. The van der Waals surface area contributed by atoms with Crippen molar-refractivity contribution in [2.75, 3.05) is 57.4 Å². The summed E-state index contributed by atoms with van der Waals surface area (Å²) in [7, 11) is -9.51. The molecule has 26 nitrogen and oxygen atoms in total. The smallest absolute Gasteiger partial charge is 0.416 e. The Morgan fingerprint density at radius 2 is 1.42 bits per heavy atom. The summed E-state index contributed by atoms with van der Waals surface area (Å²) < 4.78 is 151. The van der Waals surface area contributed by atoms with Gasteiger partial charge in [0.1, 0.15) is 36.0 Å². The number of aromatic nitrogens is 3. The van der Waals surface area contributed by atoms with Gasteiger partial charge in [-0.05, 0) is 72.3 Å². The van der Waals surface area contributed by atoms with Crippen LogP contribution in [0.15, 0.2) is 77.7 Å². The van der Waals surface area contributed by atoms with Gasteiger partial charge in [0.25, 0.3) is 21.6 Å². The van der Waals surface area contributed by atoms with Gasteiger partial charge >= 0.3 is 36.3 Å². The van der Waals surface area contributed by atoms with Gasteiger partial charge in [0.05, 0.1) is 82.5 Å². The van der Waals surface area contributed by atoms with Crippen LogP contribution in [0.25, 0.3) is 0 Å². The summed E-state index contributed by atoms with van der Waals surface area (Å²) in [6, 6.07) is 11.8. The lowest BCUT2D eigenvalue weighted by molar-refractivity contribution is -0.385. The van der Waals surface area contributed by atoms with Crippen molar-refractivity contribution in [2.24, 2.45) is 0 Å². The average molecular weight is 1320 g/mol. The van der Waals surface area contributed by atoms with Crippen molar-refractivity contribution in [3.8, 4) is 23.3 Å². The number of nitro benzene ring substituents is 1. The third-order valence-electron chi connectivity index (χ3n) is 8.54. The summed E-state index contributed by atoms with van der Waals surface area (Å²) in [5.41, 5.74) is -2.53. The molecule has 1 heterocycles. The van der Waals surface area contributed by atoms with Crippen LogP contribution in [-0.4, -0.2) is 134 Å². The molecule has 5 aromatic rings. The number of nitrogens with zero attached hydrogens (tertiary/aromatic N) is 4. The van der Waals surface area contributed by atoms with Crippen molar-refractivity contribution < 1.29 is 106 Å². The quantitative estimate of drug-likeness (QED) is 0.0158. The van der Waals surface area contributed by atoms with E-state index in [1.54, 1.807) is 9.44 Å². The number of aliphatic carboxylic acids is 1.